The molecule has 0 spiro atoms. The fourth-order valence-corrected chi connectivity index (χ4v) is 2.17. The third-order valence-electron chi connectivity index (χ3n) is 2.28. The van der Waals surface area contributed by atoms with Crippen LogP contribution < -0.4 is 0 Å². The van der Waals surface area contributed by atoms with Gasteiger partial charge in [0.05, 0.1) is 13.6 Å². The number of amides is 1. The Morgan fingerprint density at radius 1 is 1.25 bits per heavy atom. The van der Waals surface area contributed by atoms with Crippen LogP contribution in [0.2, 0.25) is 10.0 Å². The van der Waals surface area contributed by atoms with E-state index >= 15 is 0 Å². The lowest BCUT2D eigenvalue weighted by Gasteiger charge is -2.19. The smallest absolute Gasteiger partial charge is 0.253 e. The molecule has 0 aliphatic heterocycles. The Labute approximate surface area is 119 Å². The van der Waals surface area contributed by atoms with Gasteiger partial charge in [0.2, 0.25) is 0 Å². The van der Waals surface area contributed by atoms with Gasteiger partial charge in [0.15, 0.2) is 0 Å². The molecule has 88 valence electrons. The Morgan fingerprint density at radius 3 is 2.06 bits per heavy atom. The summed E-state index contributed by atoms with van der Waals surface area (Å²) in [5.41, 5.74) is 0.541. The number of benzene rings is 1. The predicted molar refractivity (Wildman–Crippen MR) is 76.4 cm³/mol. The Balaban J connectivity index is 3.10. The van der Waals surface area contributed by atoms with E-state index in [4.69, 9.17) is 23.2 Å². The molecule has 16 heavy (non-hydrogen) atoms. The maximum Gasteiger partial charge on any atom is 0.253 e. The van der Waals surface area contributed by atoms with Crippen LogP contribution in [0.4, 0.5) is 0 Å². The maximum absolute atomic E-state index is 12.0. The Bertz CT molecular complexity index is 382. The van der Waals surface area contributed by atoms with Crippen LogP contribution in [0.25, 0.3) is 0 Å². The van der Waals surface area contributed by atoms with Crippen LogP contribution in [0.3, 0.4) is 0 Å². The first-order valence-corrected chi connectivity index (χ1v) is 6.78. The van der Waals surface area contributed by atoms with E-state index in [1.807, 2.05) is 13.8 Å². The number of hydrogen-bond donors (Lipinski definition) is 0. The quantitative estimate of drug-likeness (QED) is 0.579. The van der Waals surface area contributed by atoms with Gasteiger partial charge < -0.3 is 4.90 Å². The molecule has 0 aliphatic carbocycles. The second kappa shape index (κ2) is 6.07. The van der Waals surface area contributed by atoms with E-state index in [-0.39, 0.29) is 5.91 Å². The summed E-state index contributed by atoms with van der Waals surface area (Å²) in [4.78, 5) is 13.8. The van der Waals surface area contributed by atoms with Crippen LogP contribution in [0.15, 0.2) is 12.1 Å². The van der Waals surface area contributed by atoms with Gasteiger partial charge >= 0.3 is 0 Å². The molecule has 1 rings (SSSR count). The number of rotatable bonds is 3. The topological polar surface area (TPSA) is 20.3 Å². The van der Waals surface area contributed by atoms with E-state index in [0.717, 1.165) is 3.57 Å². The van der Waals surface area contributed by atoms with Gasteiger partial charge in [0.25, 0.3) is 5.91 Å². The number of nitrogens with zero attached hydrogens (tertiary/aromatic N) is 1. The van der Waals surface area contributed by atoms with Crippen molar-refractivity contribution in [3.63, 3.8) is 0 Å². The lowest BCUT2D eigenvalue weighted by atomic mass is 10.2. The van der Waals surface area contributed by atoms with Gasteiger partial charge in [0.1, 0.15) is 0 Å². The van der Waals surface area contributed by atoms with Gasteiger partial charge in [-0.25, -0.2) is 0 Å². The summed E-state index contributed by atoms with van der Waals surface area (Å²) in [5.74, 6) is -0.0369. The van der Waals surface area contributed by atoms with Crippen molar-refractivity contribution in [3.05, 3.63) is 31.3 Å². The fraction of sp³-hybridized carbons (Fsp3) is 0.364. The molecule has 2 nitrogen and oxygen atoms in total. The zero-order valence-corrected chi connectivity index (χ0v) is 12.7. The maximum atomic E-state index is 12.0. The second-order valence-electron chi connectivity index (χ2n) is 3.23. The third kappa shape index (κ3) is 3.02. The molecule has 0 fully saturated rings. The van der Waals surface area contributed by atoms with Crippen molar-refractivity contribution in [1.29, 1.82) is 0 Å². The van der Waals surface area contributed by atoms with Crippen molar-refractivity contribution >= 4 is 51.7 Å². The molecule has 0 aliphatic rings. The molecule has 0 unspecified atom stereocenters. The molecular formula is C11H12Cl2INO. The molecule has 0 saturated carbocycles. The largest absolute Gasteiger partial charge is 0.339 e. The van der Waals surface area contributed by atoms with Gasteiger partial charge in [-0.2, -0.15) is 0 Å². The zero-order valence-electron chi connectivity index (χ0n) is 9.06. The summed E-state index contributed by atoms with van der Waals surface area (Å²) in [7, 11) is 0. The van der Waals surface area contributed by atoms with Gasteiger partial charge in [-0.05, 0) is 48.6 Å². The third-order valence-corrected chi connectivity index (χ3v) is 4.68. The van der Waals surface area contributed by atoms with Crippen LogP contribution in [0.1, 0.15) is 24.2 Å². The molecule has 0 saturated heterocycles. The minimum atomic E-state index is -0.0369. The van der Waals surface area contributed by atoms with Crippen molar-refractivity contribution in [2.45, 2.75) is 13.8 Å². The van der Waals surface area contributed by atoms with Crippen molar-refractivity contribution in [2.75, 3.05) is 13.1 Å². The highest BCUT2D eigenvalue weighted by atomic mass is 127. The van der Waals surface area contributed by atoms with Gasteiger partial charge in [-0.15, -0.1) is 0 Å². The highest BCUT2D eigenvalue weighted by Gasteiger charge is 2.15. The second-order valence-corrected chi connectivity index (χ2v) is 5.12. The Hall–Kier alpha value is -0.000000000000000167. The first kappa shape index (κ1) is 14.1. The van der Waals surface area contributed by atoms with Crippen LogP contribution >= 0.6 is 45.8 Å². The molecule has 1 aromatic rings. The van der Waals surface area contributed by atoms with Crippen LogP contribution in [0, 0.1) is 3.57 Å². The summed E-state index contributed by atoms with van der Waals surface area (Å²) >= 11 is 14.0. The van der Waals surface area contributed by atoms with Crippen molar-refractivity contribution in [1.82, 2.24) is 4.90 Å². The van der Waals surface area contributed by atoms with Crippen molar-refractivity contribution in [2.24, 2.45) is 0 Å². The van der Waals surface area contributed by atoms with E-state index in [0.29, 0.717) is 28.7 Å². The van der Waals surface area contributed by atoms with E-state index < -0.39 is 0 Å². The summed E-state index contributed by atoms with van der Waals surface area (Å²) in [6, 6.07) is 3.33. The molecule has 0 radical (unpaired) electrons. The molecule has 1 aromatic carbocycles. The van der Waals surface area contributed by atoms with Crippen molar-refractivity contribution in [3.8, 4) is 0 Å². The molecule has 0 N–H and O–H groups in total. The average molecular weight is 372 g/mol. The monoisotopic (exact) mass is 371 g/mol. The van der Waals surface area contributed by atoms with Gasteiger partial charge in [-0.1, -0.05) is 23.2 Å². The van der Waals surface area contributed by atoms with E-state index in [1.54, 1.807) is 17.0 Å². The summed E-state index contributed by atoms with van der Waals surface area (Å²) in [5, 5.41) is 1.03. The Kier molecular flexibility index (Phi) is 5.34. The molecule has 0 heterocycles. The van der Waals surface area contributed by atoms with Crippen LogP contribution in [-0.4, -0.2) is 23.9 Å². The zero-order chi connectivity index (χ0) is 12.3. The minimum Gasteiger partial charge on any atom is -0.339 e. The first-order chi connectivity index (χ1) is 7.51. The van der Waals surface area contributed by atoms with Crippen molar-refractivity contribution < 1.29 is 4.79 Å². The predicted octanol–water partition coefficient (Wildman–Crippen LogP) is 4.08. The first-order valence-electron chi connectivity index (χ1n) is 4.95. The SMILES string of the molecule is CCN(CC)C(=O)c1cc(Cl)c(I)c(Cl)c1. The summed E-state index contributed by atoms with van der Waals surface area (Å²) in [6.07, 6.45) is 0. The standard InChI is InChI=1S/C11H12Cl2INO/c1-3-15(4-2)11(16)7-5-8(12)10(14)9(13)6-7/h5-6H,3-4H2,1-2H3. The number of carbonyl (C=O) groups is 1. The number of halogens is 3. The number of carbonyl (C=O) groups excluding carboxylic acids is 1. The van der Waals surface area contributed by atoms with Crippen LogP contribution in [-0.2, 0) is 0 Å². The lowest BCUT2D eigenvalue weighted by Crippen LogP contribution is -2.30. The molecule has 1 amide bonds. The molecule has 5 heteroatoms. The number of hydrogen-bond acceptors (Lipinski definition) is 1. The van der Waals surface area contributed by atoms with Gasteiger partial charge in [0, 0.05) is 18.7 Å². The normalized spacial score (nSPS) is 10.3. The summed E-state index contributed by atoms with van der Waals surface area (Å²) < 4.78 is 0.775. The van der Waals surface area contributed by atoms with E-state index in [1.165, 1.54) is 0 Å². The highest BCUT2D eigenvalue weighted by molar-refractivity contribution is 14.1. The van der Waals surface area contributed by atoms with Gasteiger partial charge in [-0.3, -0.25) is 4.79 Å². The minimum absolute atomic E-state index is 0.0369. The van der Waals surface area contributed by atoms with Crippen LogP contribution in [0.5, 0.6) is 0 Å². The summed E-state index contributed by atoms with van der Waals surface area (Å²) in [6.45, 7) is 5.24. The molecule has 0 bridgehead atoms. The highest BCUT2D eigenvalue weighted by Crippen LogP contribution is 2.28. The van der Waals surface area contributed by atoms with E-state index in [2.05, 4.69) is 22.6 Å². The lowest BCUT2D eigenvalue weighted by molar-refractivity contribution is 0.0773. The molecule has 0 atom stereocenters. The molecular weight excluding hydrogens is 360 g/mol. The Morgan fingerprint density at radius 2 is 1.69 bits per heavy atom. The van der Waals surface area contributed by atoms with E-state index in [9.17, 15) is 4.79 Å². The molecule has 0 aromatic heterocycles. The fourth-order valence-electron chi connectivity index (χ4n) is 1.37. The average Bonchev–Trinajstić information content (AvgIpc) is 2.26.